The lowest BCUT2D eigenvalue weighted by Crippen LogP contribution is -2.13. The number of hydrogen-bond acceptors (Lipinski definition) is 4. The molecular weight excluding hydrogens is 186 g/mol. The predicted molar refractivity (Wildman–Crippen MR) is 45.4 cm³/mol. The zero-order chi connectivity index (χ0) is 10.1. The second-order valence-corrected chi connectivity index (χ2v) is 3.04. The van der Waals surface area contributed by atoms with E-state index in [1.165, 1.54) is 12.5 Å². The quantitative estimate of drug-likeness (QED) is 0.642. The van der Waals surface area contributed by atoms with Crippen LogP contribution in [0.25, 0.3) is 0 Å². The van der Waals surface area contributed by atoms with Crippen LogP contribution in [0.1, 0.15) is 23.0 Å². The number of imidazole rings is 1. The second kappa shape index (κ2) is 3.13. The molecule has 2 rings (SSSR count). The molecule has 74 valence electrons. The van der Waals surface area contributed by atoms with Crippen molar-refractivity contribution >= 4 is 11.9 Å². The van der Waals surface area contributed by atoms with E-state index >= 15 is 0 Å². The van der Waals surface area contributed by atoms with E-state index in [1.54, 1.807) is 4.57 Å². The highest BCUT2D eigenvalue weighted by atomic mass is 16.5. The maximum absolute atomic E-state index is 11.2. The third-order valence-electron chi connectivity index (χ3n) is 2.12. The van der Waals surface area contributed by atoms with Crippen molar-refractivity contribution in [1.82, 2.24) is 9.55 Å². The van der Waals surface area contributed by atoms with E-state index in [0.717, 1.165) is 0 Å². The standard InChI is InChI=1S/C8H9N3O3/c9-7(12)5-3-11(4-10-5)6-1-2-14-8(6)13/h3-4,6H,1-2H2,(H2,9,12). The van der Waals surface area contributed by atoms with Gasteiger partial charge in [0.05, 0.1) is 12.9 Å². The van der Waals surface area contributed by atoms with E-state index in [9.17, 15) is 9.59 Å². The molecule has 2 heterocycles. The minimum Gasteiger partial charge on any atom is -0.464 e. The number of cyclic esters (lactones) is 1. The van der Waals surface area contributed by atoms with Crippen molar-refractivity contribution in [3.05, 3.63) is 18.2 Å². The lowest BCUT2D eigenvalue weighted by molar-refractivity contribution is -0.140. The van der Waals surface area contributed by atoms with E-state index in [0.29, 0.717) is 13.0 Å². The van der Waals surface area contributed by atoms with Gasteiger partial charge in [-0.3, -0.25) is 4.79 Å². The summed E-state index contributed by atoms with van der Waals surface area (Å²) in [6, 6.07) is -0.365. The molecule has 1 aliphatic heterocycles. The van der Waals surface area contributed by atoms with E-state index in [4.69, 9.17) is 10.5 Å². The highest BCUT2D eigenvalue weighted by Gasteiger charge is 2.28. The molecule has 6 heteroatoms. The van der Waals surface area contributed by atoms with Gasteiger partial charge >= 0.3 is 5.97 Å². The summed E-state index contributed by atoms with van der Waals surface area (Å²) >= 11 is 0. The van der Waals surface area contributed by atoms with E-state index in [1.807, 2.05) is 0 Å². The van der Waals surface area contributed by atoms with Crippen LogP contribution >= 0.6 is 0 Å². The van der Waals surface area contributed by atoms with Crippen molar-refractivity contribution in [2.45, 2.75) is 12.5 Å². The number of aromatic nitrogens is 2. The summed E-state index contributed by atoms with van der Waals surface area (Å²) in [5.74, 6) is -0.895. The number of nitrogens with two attached hydrogens (primary N) is 1. The lowest BCUT2D eigenvalue weighted by atomic mass is 10.2. The largest absolute Gasteiger partial charge is 0.464 e. The first-order valence-electron chi connectivity index (χ1n) is 4.18. The molecule has 0 saturated carbocycles. The highest BCUT2D eigenvalue weighted by Crippen LogP contribution is 2.20. The van der Waals surface area contributed by atoms with Crippen molar-refractivity contribution in [3.8, 4) is 0 Å². The normalized spacial score (nSPS) is 20.9. The molecule has 0 aromatic carbocycles. The summed E-state index contributed by atoms with van der Waals surface area (Å²) in [6.07, 6.45) is 3.48. The van der Waals surface area contributed by atoms with Crippen LogP contribution in [-0.4, -0.2) is 28.0 Å². The van der Waals surface area contributed by atoms with Gasteiger partial charge in [-0.2, -0.15) is 0 Å². The van der Waals surface area contributed by atoms with Crippen molar-refractivity contribution < 1.29 is 14.3 Å². The average Bonchev–Trinajstić information content (AvgIpc) is 2.71. The predicted octanol–water partition coefficient (Wildman–Crippen LogP) is -0.530. The topological polar surface area (TPSA) is 87.2 Å². The molecule has 14 heavy (non-hydrogen) atoms. The van der Waals surface area contributed by atoms with Crippen LogP contribution in [0.4, 0.5) is 0 Å². The number of primary amides is 1. The Morgan fingerprint density at radius 2 is 2.50 bits per heavy atom. The van der Waals surface area contributed by atoms with Gasteiger partial charge in [-0.1, -0.05) is 0 Å². The molecule has 1 atom stereocenters. The maximum Gasteiger partial charge on any atom is 0.329 e. The minimum absolute atomic E-state index is 0.157. The van der Waals surface area contributed by atoms with Crippen molar-refractivity contribution in [1.29, 1.82) is 0 Å². The number of amides is 1. The van der Waals surface area contributed by atoms with Crippen LogP contribution in [-0.2, 0) is 9.53 Å². The van der Waals surface area contributed by atoms with Crippen molar-refractivity contribution in [2.75, 3.05) is 6.61 Å². The molecule has 0 radical (unpaired) electrons. The molecule has 1 aromatic heterocycles. The first-order chi connectivity index (χ1) is 6.68. The summed E-state index contributed by atoms with van der Waals surface area (Å²) in [4.78, 5) is 25.7. The summed E-state index contributed by atoms with van der Waals surface area (Å²) in [6.45, 7) is 0.410. The van der Waals surface area contributed by atoms with Crippen LogP contribution in [0.5, 0.6) is 0 Å². The lowest BCUT2D eigenvalue weighted by Gasteiger charge is -2.04. The molecule has 1 aliphatic rings. The van der Waals surface area contributed by atoms with Gasteiger partial charge in [0.25, 0.3) is 5.91 Å². The SMILES string of the molecule is NC(=O)c1cn(C2CCOC2=O)cn1. The summed E-state index contributed by atoms with van der Waals surface area (Å²) < 4.78 is 6.34. The number of nitrogens with zero attached hydrogens (tertiary/aromatic N) is 2. The Morgan fingerprint density at radius 1 is 1.71 bits per heavy atom. The first kappa shape index (κ1) is 8.74. The van der Waals surface area contributed by atoms with Crippen molar-refractivity contribution in [3.63, 3.8) is 0 Å². The molecule has 0 spiro atoms. The Hall–Kier alpha value is -1.85. The fourth-order valence-corrected chi connectivity index (χ4v) is 1.39. The molecule has 0 aliphatic carbocycles. The number of ether oxygens (including phenoxy) is 1. The van der Waals surface area contributed by atoms with Gasteiger partial charge in [0.15, 0.2) is 0 Å². The summed E-state index contributed by atoms with van der Waals surface area (Å²) in [7, 11) is 0. The maximum atomic E-state index is 11.2. The van der Waals surface area contributed by atoms with Crippen LogP contribution in [0, 0.1) is 0 Å². The van der Waals surface area contributed by atoms with Gasteiger partial charge in [0, 0.05) is 12.6 Å². The van der Waals surface area contributed by atoms with E-state index in [2.05, 4.69) is 4.98 Å². The third-order valence-corrected chi connectivity index (χ3v) is 2.12. The average molecular weight is 195 g/mol. The second-order valence-electron chi connectivity index (χ2n) is 3.04. The van der Waals surface area contributed by atoms with Crippen molar-refractivity contribution in [2.24, 2.45) is 5.73 Å². The molecule has 2 N–H and O–H groups in total. The Bertz CT molecular complexity index is 385. The van der Waals surface area contributed by atoms with Gasteiger partial charge in [-0.05, 0) is 0 Å². The number of carbonyl (C=O) groups excluding carboxylic acids is 2. The van der Waals surface area contributed by atoms with Gasteiger partial charge in [0.2, 0.25) is 0 Å². The van der Waals surface area contributed by atoms with Gasteiger partial charge in [-0.15, -0.1) is 0 Å². The molecular formula is C8H9N3O3. The fourth-order valence-electron chi connectivity index (χ4n) is 1.39. The minimum atomic E-state index is -0.602. The summed E-state index contributed by atoms with van der Waals surface area (Å²) in [5.41, 5.74) is 5.19. The first-order valence-corrected chi connectivity index (χ1v) is 4.18. The highest BCUT2D eigenvalue weighted by molar-refractivity contribution is 5.90. The van der Waals surface area contributed by atoms with Gasteiger partial charge in [0.1, 0.15) is 11.7 Å². The van der Waals surface area contributed by atoms with Crippen LogP contribution in [0.3, 0.4) is 0 Å². The molecule has 1 aromatic rings. The van der Waals surface area contributed by atoms with Gasteiger partial charge in [-0.25, -0.2) is 9.78 Å². The van der Waals surface area contributed by atoms with Crippen LogP contribution in [0.15, 0.2) is 12.5 Å². The third kappa shape index (κ3) is 1.34. The molecule has 1 saturated heterocycles. The monoisotopic (exact) mass is 195 g/mol. The van der Waals surface area contributed by atoms with Crippen LogP contribution < -0.4 is 5.73 Å². The van der Waals surface area contributed by atoms with E-state index in [-0.39, 0.29) is 17.7 Å². The molecule has 1 unspecified atom stereocenters. The van der Waals surface area contributed by atoms with E-state index < -0.39 is 5.91 Å². The Morgan fingerprint density at radius 3 is 3.00 bits per heavy atom. The Balaban J connectivity index is 2.24. The molecule has 6 nitrogen and oxygen atoms in total. The zero-order valence-corrected chi connectivity index (χ0v) is 7.34. The molecule has 1 amide bonds. The zero-order valence-electron chi connectivity index (χ0n) is 7.34. The Kier molecular flexibility index (Phi) is 1.95. The number of hydrogen-bond donors (Lipinski definition) is 1. The number of carbonyl (C=O) groups is 2. The Labute approximate surface area is 79.7 Å². The molecule has 0 bridgehead atoms. The van der Waals surface area contributed by atoms with Gasteiger partial charge < -0.3 is 15.0 Å². The summed E-state index contributed by atoms with van der Waals surface area (Å²) in [5, 5.41) is 0. The molecule has 1 fully saturated rings. The number of rotatable bonds is 2. The smallest absolute Gasteiger partial charge is 0.329 e. The van der Waals surface area contributed by atoms with Crippen LogP contribution in [0.2, 0.25) is 0 Å². The number of esters is 1. The fraction of sp³-hybridized carbons (Fsp3) is 0.375.